The lowest BCUT2D eigenvalue weighted by Gasteiger charge is -2.05. The Bertz CT molecular complexity index is 497. The second-order valence-corrected chi connectivity index (χ2v) is 3.72. The topological polar surface area (TPSA) is 33.0 Å². The van der Waals surface area contributed by atoms with E-state index >= 15 is 0 Å². The summed E-state index contributed by atoms with van der Waals surface area (Å²) in [4.78, 5) is 0. The molecular formula is C15H13NO. The summed E-state index contributed by atoms with van der Waals surface area (Å²) in [5.41, 5.74) is 1.87. The van der Waals surface area contributed by atoms with Crippen molar-refractivity contribution < 1.29 is 4.74 Å². The predicted octanol–water partition coefficient (Wildman–Crippen LogP) is 3.18. The lowest BCUT2D eigenvalue weighted by Crippen LogP contribution is -2.01. The molecule has 2 aromatic carbocycles. The van der Waals surface area contributed by atoms with Crippen molar-refractivity contribution in [3.8, 4) is 11.8 Å². The molecule has 0 saturated carbocycles. The van der Waals surface area contributed by atoms with E-state index in [1.165, 1.54) is 5.56 Å². The molecular weight excluding hydrogens is 210 g/mol. The van der Waals surface area contributed by atoms with Gasteiger partial charge in [0.05, 0.1) is 18.2 Å². The molecule has 84 valence electrons. The Balaban J connectivity index is 1.84. The molecule has 0 saturated heterocycles. The molecule has 0 fully saturated rings. The molecule has 0 amide bonds. The van der Waals surface area contributed by atoms with Gasteiger partial charge in [-0.3, -0.25) is 0 Å². The second-order valence-electron chi connectivity index (χ2n) is 3.72. The molecule has 17 heavy (non-hydrogen) atoms. The maximum Gasteiger partial charge on any atom is 0.119 e. The first-order valence-electron chi connectivity index (χ1n) is 5.55. The van der Waals surface area contributed by atoms with Gasteiger partial charge in [0.15, 0.2) is 0 Å². The van der Waals surface area contributed by atoms with Crippen molar-refractivity contribution in [3.63, 3.8) is 0 Å². The zero-order valence-electron chi connectivity index (χ0n) is 9.47. The highest BCUT2D eigenvalue weighted by Crippen LogP contribution is 2.09. The van der Waals surface area contributed by atoms with E-state index in [4.69, 9.17) is 10.00 Å². The predicted molar refractivity (Wildman–Crippen MR) is 66.8 cm³/mol. The average molecular weight is 223 g/mol. The summed E-state index contributed by atoms with van der Waals surface area (Å²) in [5, 5.41) is 8.68. The van der Waals surface area contributed by atoms with E-state index in [1.54, 1.807) is 0 Å². The third kappa shape index (κ3) is 3.35. The largest absolute Gasteiger partial charge is 0.493 e. The fraction of sp³-hybridized carbons (Fsp3) is 0.133. The van der Waals surface area contributed by atoms with E-state index in [-0.39, 0.29) is 0 Å². The van der Waals surface area contributed by atoms with Crippen LogP contribution in [0.4, 0.5) is 0 Å². The van der Waals surface area contributed by atoms with Gasteiger partial charge >= 0.3 is 0 Å². The fourth-order valence-corrected chi connectivity index (χ4v) is 1.55. The summed E-state index contributed by atoms with van der Waals surface area (Å²) in [7, 11) is 0. The Kier molecular flexibility index (Phi) is 3.77. The maximum absolute atomic E-state index is 8.68. The van der Waals surface area contributed by atoms with Gasteiger partial charge in [-0.25, -0.2) is 0 Å². The Morgan fingerprint density at radius 1 is 0.941 bits per heavy atom. The highest BCUT2D eigenvalue weighted by atomic mass is 16.5. The molecule has 2 heteroatoms. The van der Waals surface area contributed by atoms with E-state index in [0.29, 0.717) is 12.2 Å². The van der Waals surface area contributed by atoms with Crippen LogP contribution in [-0.2, 0) is 6.42 Å². The van der Waals surface area contributed by atoms with Crippen LogP contribution in [0.2, 0.25) is 0 Å². The number of benzene rings is 2. The van der Waals surface area contributed by atoms with E-state index in [9.17, 15) is 0 Å². The summed E-state index contributed by atoms with van der Waals surface area (Å²) in [6, 6.07) is 19.5. The number of nitriles is 1. The number of para-hydroxylation sites is 1. The SMILES string of the molecule is N#Cc1ccc(CCOc2ccccc2)cc1. The Hall–Kier alpha value is -2.27. The summed E-state index contributed by atoms with van der Waals surface area (Å²) in [6.45, 7) is 0.649. The molecule has 0 aromatic heterocycles. The van der Waals surface area contributed by atoms with E-state index in [1.807, 2.05) is 54.6 Å². The van der Waals surface area contributed by atoms with E-state index in [2.05, 4.69) is 6.07 Å². The van der Waals surface area contributed by atoms with Crippen LogP contribution in [0.1, 0.15) is 11.1 Å². The highest BCUT2D eigenvalue weighted by molar-refractivity contribution is 5.31. The van der Waals surface area contributed by atoms with Crippen molar-refractivity contribution in [2.45, 2.75) is 6.42 Å². The number of hydrogen-bond donors (Lipinski definition) is 0. The normalized spacial score (nSPS) is 9.59. The van der Waals surface area contributed by atoms with Gasteiger partial charge in [0, 0.05) is 6.42 Å². The molecule has 0 atom stereocenters. The minimum atomic E-state index is 0.649. The highest BCUT2D eigenvalue weighted by Gasteiger charge is 1.95. The molecule has 0 radical (unpaired) electrons. The third-order valence-electron chi connectivity index (χ3n) is 2.49. The molecule has 0 unspecified atom stereocenters. The first kappa shape index (κ1) is 11.2. The minimum absolute atomic E-state index is 0.649. The van der Waals surface area contributed by atoms with Crippen LogP contribution >= 0.6 is 0 Å². The first-order valence-corrected chi connectivity index (χ1v) is 5.55. The molecule has 0 heterocycles. The number of hydrogen-bond acceptors (Lipinski definition) is 2. The van der Waals surface area contributed by atoms with Gasteiger partial charge < -0.3 is 4.74 Å². The molecule has 0 spiro atoms. The molecule has 2 aromatic rings. The zero-order valence-corrected chi connectivity index (χ0v) is 9.47. The van der Waals surface area contributed by atoms with Crippen LogP contribution in [0, 0.1) is 11.3 Å². The van der Waals surface area contributed by atoms with Crippen LogP contribution in [0.5, 0.6) is 5.75 Å². The van der Waals surface area contributed by atoms with Crippen molar-refractivity contribution in [3.05, 3.63) is 65.7 Å². The number of rotatable bonds is 4. The monoisotopic (exact) mass is 223 g/mol. The Labute approximate surface area is 101 Å². The van der Waals surface area contributed by atoms with Gasteiger partial charge in [-0.05, 0) is 29.8 Å². The van der Waals surface area contributed by atoms with Crippen molar-refractivity contribution in [1.82, 2.24) is 0 Å². The van der Waals surface area contributed by atoms with E-state index in [0.717, 1.165) is 12.2 Å². The first-order chi connectivity index (χ1) is 8.38. The maximum atomic E-state index is 8.68. The summed E-state index contributed by atoms with van der Waals surface area (Å²) in [6.07, 6.45) is 0.848. The van der Waals surface area contributed by atoms with Crippen LogP contribution in [-0.4, -0.2) is 6.61 Å². The average Bonchev–Trinajstić information content (AvgIpc) is 2.41. The third-order valence-corrected chi connectivity index (χ3v) is 2.49. The van der Waals surface area contributed by atoms with Crippen molar-refractivity contribution in [2.75, 3.05) is 6.61 Å². The summed E-state index contributed by atoms with van der Waals surface area (Å²) < 4.78 is 5.60. The second kappa shape index (κ2) is 5.72. The van der Waals surface area contributed by atoms with Gasteiger partial charge in [-0.15, -0.1) is 0 Å². The molecule has 2 nitrogen and oxygen atoms in total. The number of ether oxygens (including phenoxy) is 1. The molecule has 0 aliphatic rings. The van der Waals surface area contributed by atoms with Gasteiger partial charge in [0.1, 0.15) is 5.75 Å². The van der Waals surface area contributed by atoms with Crippen LogP contribution in [0.3, 0.4) is 0 Å². The molecule has 0 aliphatic heterocycles. The lowest BCUT2D eigenvalue weighted by molar-refractivity contribution is 0.322. The van der Waals surface area contributed by atoms with Crippen LogP contribution in [0.15, 0.2) is 54.6 Å². The van der Waals surface area contributed by atoms with Gasteiger partial charge in [-0.1, -0.05) is 30.3 Å². The van der Waals surface area contributed by atoms with Gasteiger partial charge in [-0.2, -0.15) is 5.26 Å². The van der Waals surface area contributed by atoms with Crippen LogP contribution in [0.25, 0.3) is 0 Å². The molecule has 0 aliphatic carbocycles. The number of nitrogens with zero attached hydrogens (tertiary/aromatic N) is 1. The minimum Gasteiger partial charge on any atom is -0.493 e. The van der Waals surface area contributed by atoms with Crippen molar-refractivity contribution in [2.24, 2.45) is 0 Å². The Morgan fingerprint density at radius 2 is 1.65 bits per heavy atom. The quantitative estimate of drug-likeness (QED) is 0.797. The molecule has 2 rings (SSSR count). The van der Waals surface area contributed by atoms with Crippen LogP contribution < -0.4 is 4.74 Å². The summed E-state index contributed by atoms with van der Waals surface area (Å²) >= 11 is 0. The smallest absolute Gasteiger partial charge is 0.119 e. The van der Waals surface area contributed by atoms with Crippen molar-refractivity contribution in [1.29, 1.82) is 5.26 Å². The molecule has 0 N–H and O–H groups in total. The standard InChI is InChI=1S/C15H13NO/c16-12-14-8-6-13(7-9-14)10-11-17-15-4-2-1-3-5-15/h1-9H,10-11H2. The van der Waals surface area contributed by atoms with E-state index < -0.39 is 0 Å². The van der Waals surface area contributed by atoms with Crippen molar-refractivity contribution >= 4 is 0 Å². The molecule has 0 bridgehead atoms. The Morgan fingerprint density at radius 3 is 2.29 bits per heavy atom. The fourth-order valence-electron chi connectivity index (χ4n) is 1.55. The lowest BCUT2D eigenvalue weighted by atomic mass is 10.1. The zero-order chi connectivity index (χ0) is 11.9. The van der Waals surface area contributed by atoms with Gasteiger partial charge in [0.2, 0.25) is 0 Å². The van der Waals surface area contributed by atoms with Gasteiger partial charge in [0.25, 0.3) is 0 Å². The summed E-state index contributed by atoms with van der Waals surface area (Å²) in [5.74, 6) is 0.890.